The van der Waals surface area contributed by atoms with E-state index in [4.69, 9.17) is 0 Å². The first kappa shape index (κ1) is 23.2. The molecule has 1 unspecified atom stereocenters. The number of benzene rings is 3. The molecule has 1 N–H and O–H groups in total. The zero-order chi connectivity index (χ0) is 24.5. The van der Waals surface area contributed by atoms with E-state index in [0.29, 0.717) is 17.8 Å². The number of urea groups is 1. The Morgan fingerprint density at radius 3 is 2.41 bits per heavy atom. The Hall–Kier alpha value is -4.01. The van der Waals surface area contributed by atoms with Gasteiger partial charge in [-0.05, 0) is 43.0 Å². The van der Waals surface area contributed by atoms with E-state index >= 15 is 0 Å². The van der Waals surface area contributed by atoms with Crippen LogP contribution in [0.5, 0.6) is 5.75 Å². The maximum absolute atomic E-state index is 13.2. The lowest BCUT2D eigenvalue weighted by molar-refractivity contribution is -0.134. The van der Waals surface area contributed by atoms with Gasteiger partial charge in [0.05, 0.1) is 5.69 Å². The fourth-order valence-corrected chi connectivity index (χ4v) is 4.15. The van der Waals surface area contributed by atoms with E-state index in [-0.39, 0.29) is 5.75 Å². The number of hydrogen-bond donors (Lipinski definition) is 1. The summed E-state index contributed by atoms with van der Waals surface area (Å²) in [5.41, 5.74) is -0.379. The lowest BCUT2D eigenvalue weighted by Gasteiger charge is -2.25. The number of imide groups is 1. The molecular formula is C25H23F2N3O4. The summed E-state index contributed by atoms with van der Waals surface area (Å²) in [6.07, 6.45) is 0. The molecule has 4 amide bonds. The van der Waals surface area contributed by atoms with Crippen molar-refractivity contribution < 1.29 is 27.9 Å². The average Bonchev–Trinajstić information content (AvgIpc) is 3.03. The van der Waals surface area contributed by atoms with Gasteiger partial charge in [-0.15, -0.1) is 0 Å². The third-order valence-electron chi connectivity index (χ3n) is 5.90. The van der Waals surface area contributed by atoms with Crippen LogP contribution >= 0.6 is 0 Å². The fraction of sp³-hybridized carbons (Fsp3) is 0.240. The highest BCUT2D eigenvalue weighted by molar-refractivity contribution is 6.11. The molecule has 9 heteroatoms. The van der Waals surface area contributed by atoms with Gasteiger partial charge in [-0.1, -0.05) is 48.5 Å². The van der Waals surface area contributed by atoms with E-state index < -0.39 is 36.5 Å². The van der Waals surface area contributed by atoms with Crippen molar-refractivity contribution in [2.24, 2.45) is 0 Å². The second-order valence-corrected chi connectivity index (χ2v) is 7.99. The highest BCUT2D eigenvalue weighted by Gasteiger charge is 2.49. The lowest BCUT2D eigenvalue weighted by atomic mass is 9.92. The Kier molecular flexibility index (Phi) is 6.19. The highest BCUT2D eigenvalue weighted by atomic mass is 19.3. The standard InChI is InChI=1S/C25H23F2N3O4/c1-3-29(20-10-6-8-16-7-4-5-9-19(16)20)21(31)15-30-22(32)25(2,28-24(30)33)17-11-13-18(14-12-17)34-23(26)27/h4-14,23H,3,15H2,1-2H3,(H,28,33). The van der Waals surface area contributed by atoms with Crippen LogP contribution in [0.3, 0.4) is 0 Å². The molecule has 1 saturated heterocycles. The Labute approximate surface area is 194 Å². The van der Waals surface area contributed by atoms with Gasteiger partial charge in [-0.2, -0.15) is 8.78 Å². The van der Waals surface area contributed by atoms with Crippen LogP contribution in [0.15, 0.2) is 66.7 Å². The Morgan fingerprint density at radius 2 is 1.74 bits per heavy atom. The second-order valence-electron chi connectivity index (χ2n) is 7.99. The van der Waals surface area contributed by atoms with E-state index in [1.807, 2.05) is 49.4 Å². The quantitative estimate of drug-likeness (QED) is 0.527. The fourth-order valence-electron chi connectivity index (χ4n) is 4.15. The Balaban J connectivity index is 1.56. The van der Waals surface area contributed by atoms with Gasteiger partial charge in [0.2, 0.25) is 5.91 Å². The van der Waals surface area contributed by atoms with Gasteiger partial charge in [0.25, 0.3) is 5.91 Å². The number of nitrogens with one attached hydrogen (secondary N) is 1. The summed E-state index contributed by atoms with van der Waals surface area (Å²) in [5, 5.41) is 4.46. The van der Waals surface area contributed by atoms with Gasteiger partial charge in [0.15, 0.2) is 0 Å². The van der Waals surface area contributed by atoms with Crippen LogP contribution in [0.4, 0.5) is 19.3 Å². The summed E-state index contributed by atoms with van der Waals surface area (Å²) in [4.78, 5) is 41.5. The number of nitrogens with zero attached hydrogens (tertiary/aromatic N) is 2. The number of alkyl halides is 2. The third kappa shape index (κ3) is 4.16. The maximum atomic E-state index is 13.2. The predicted molar refractivity (Wildman–Crippen MR) is 123 cm³/mol. The summed E-state index contributed by atoms with van der Waals surface area (Å²) in [7, 11) is 0. The molecule has 34 heavy (non-hydrogen) atoms. The normalized spacial score (nSPS) is 17.9. The van der Waals surface area contributed by atoms with Crippen molar-refractivity contribution in [3.05, 3.63) is 72.3 Å². The Morgan fingerprint density at radius 1 is 1.06 bits per heavy atom. The number of carbonyl (C=O) groups excluding carboxylic acids is 3. The third-order valence-corrected chi connectivity index (χ3v) is 5.90. The molecule has 1 heterocycles. The van der Waals surface area contributed by atoms with Gasteiger partial charge >= 0.3 is 12.6 Å². The van der Waals surface area contributed by atoms with Crippen molar-refractivity contribution in [2.45, 2.75) is 26.0 Å². The summed E-state index contributed by atoms with van der Waals surface area (Å²) < 4.78 is 29.2. The molecule has 0 aliphatic carbocycles. The molecule has 176 valence electrons. The minimum Gasteiger partial charge on any atom is -0.435 e. The second kappa shape index (κ2) is 9.09. The van der Waals surface area contributed by atoms with E-state index in [9.17, 15) is 23.2 Å². The predicted octanol–water partition coefficient (Wildman–Crippen LogP) is 4.26. The molecule has 3 aromatic rings. The van der Waals surface area contributed by atoms with E-state index in [1.165, 1.54) is 36.1 Å². The number of anilines is 1. The minimum absolute atomic E-state index is 0.0696. The molecule has 0 spiro atoms. The molecule has 0 bridgehead atoms. The number of hydrogen-bond acceptors (Lipinski definition) is 4. The van der Waals surface area contributed by atoms with Gasteiger partial charge in [-0.3, -0.25) is 14.5 Å². The van der Waals surface area contributed by atoms with Gasteiger partial charge in [-0.25, -0.2) is 4.79 Å². The number of ether oxygens (including phenoxy) is 1. The molecule has 0 aromatic heterocycles. The van der Waals surface area contributed by atoms with E-state index in [1.54, 1.807) is 0 Å². The lowest BCUT2D eigenvalue weighted by Crippen LogP contribution is -2.44. The zero-order valence-electron chi connectivity index (χ0n) is 18.6. The molecular weight excluding hydrogens is 444 g/mol. The molecule has 4 rings (SSSR count). The molecule has 1 atom stereocenters. The summed E-state index contributed by atoms with van der Waals surface area (Å²) in [5.74, 6) is -1.09. The highest BCUT2D eigenvalue weighted by Crippen LogP contribution is 2.31. The van der Waals surface area contributed by atoms with Crippen LogP contribution in [0.25, 0.3) is 10.8 Å². The number of halogens is 2. The number of carbonyl (C=O) groups is 3. The van der Waals surface area contributed by atoms with Crippen molar-refractivity contribution in [3.63, 3.8) is 0 Å². The maximum Gasteiger partial charge on any atom is 0.387 e. The molecule has 0 radical (unpaired) electrons. The van der Waals surface area contributed by atoms with Crippen molar-refractivity contribution in [3.8, 4) is 5.75 Å². The van der Waals surface area contributed by atoms with Gasteiger partial charge in [0, 0.05) is 11.9 Å². The smallest absolute Gasteiger partial charge is 0.387 e. The zero-order valence-corrected chi connectivity index (χ0v) is 18.6. The van der Waals surface area contributed by atoms with Crippen LogP contribution in [0, 0.1) is 0 Å². The number of rotatable bonds is 7. The first-order valence-corrected chi connectivity index (χ1v) is 10.7. The van der Waals surface area contributed by atoms with Crippen molar-refractivity contribution >= 4 is 34.3 Å². The topological polar surface area (TPSA) is 79.0 Å². The number of likely N-dealkylation sites (N-methyl/N-ethyl adjacent to an activating group) is 1. The number of amides is 4. The molecule has 0 saturated carbocycles. The SMILES string of the molecule is CCN(C(=O)CN1C(=O)NC(C)(c2ccc(OC(F)F)cc2)C1=O)c1cccc2ccccc12. The summed E-state index contributed by atoms with van der Waals surface area (Å²) in [6, 6.07) is 18.0. The van der Waals surface area contributed by atoms with E-state index in [2.05, 4.69) is 10.1 Å². The van der Waals surface area contributed by atoms with Crippen molar-refractivity contribution in [2.75, 3.05) is 18.0 Å². The largest absolute Gasteiger partial charge is 0.435 e. The monoisotopic (exact) mass is 467 g/mol. The van der Waals surface area contributed by atoms with Crippen LogP contribution in [-0.4, -0.2) is 42.4 Å². The van der Waals surface area contributed by atoms with Crippen molar-refractivity contribution in [1.29, 1.82) is 0 Å². The van der Waals surface area contributed by atoms with Crippen LogP contribution < -0.4 is 15.0 Å². The molecule has 1 aliphatic rings. The number of fused-ring (bicyclic) bond motifs is 1. The van der Waals surface area contributed by atoms with Crippen LogP contribution in [0.2, 0.25) is 0 Å². The average molecular weight is 467 g/mol. The minimum atomic E-state index is -2.97. The van der Waals surface area contributed by atoms with Crippen molar-refractivity contribution in [1.82, 2.24) is 10.2 Å². The van der Waals surface area contributed by atoms with E-state index in [0.717, 1.165) is 15.7 Å². The Bertz CT molecular complexity index is 1240. The summed E-state index contributed by atoms with van der Waals surface area (Å²) >= 11 is 0. The van der Waals surface area contributed by atoms with Gasteiger partial charge < -0.3 is 15.0 Å². The first-order valence-electron chi connectivity index (χ1n) is 10.7. The molecule has 1 fully saturated rings. The molecule has 1 aliphatic heterocycles. The van der Waals surface area contributed by atoms with Crippen LogP contribution in [0.1, 0.15) is 19.4 Å². The first-order chi connectivity index (χ1) is 16.2. The van der Waals surface area contributed by atoms with Gasteiger partial charge in [0.1, 0.15) is 17.8 Å². The molecule has 7 nitrogen and oxygen atoms in total. The van der Waals surface area contributed by atoms with Crippen LogP contribution in [-0.2, 0) is 15.1 Å². The summed E-state index contributed by atoms with van der Waals surface area (Å²) in [6.45, 7) is 0.254. The molecule has 3 aromatic carbocycles.